The molecule has 1 atom stereocenters. The van der Waals surface area contributed by atoms with Crippen molar-refractivity contribution < 1.29 is 0 Å². The molecule has 0 amide bonds. The van der Waals surface area contributed by atoms with Crippen molar-refractivity contribution in [1.29, 1.82) is 0 Å². The van der Waals surface area contributed by atoms with Crippen LogP contribution in [0, 0.1) is 6.92 Å². The van der Waals surface area contributed by atoms with Crippen LogP contribution >= 0.6 is 11.6 Å². The van der Waals surface area contributed by atoms with Crippen LogP contribution in [0.3, 0.4) is 0 Å². The summed E-state index contributed by atoms with van der Waals surface area (Å²) in [6.45, 7) is 4.73. The maximum atomic E-state index is 6.20. The van der Waals surface area contributed by atoms with Crippen LogP contribution in [0.25, 0.3) is 0 Å². The molecule has 6 heteroatoms. The summed E-state index contributed by atoms with van der Waals surface area (Å²) in [7, 11) is 1.87. The Labute approximate surface area is 111 Å². The van der Waals surface area contributed by atoms with E-state index in [1.165, 1.54) is 0 Å². The zero-order valence-electron chi connectivity index (χ0n) is 10.7. The van der Waals surface area contributed by atoms with E-state index in [0.29, 0.717) is 5.02 Å². The first-order valence-electron chi connectivity index (χ1n) is 5.83. The van der Waals surface area contributed by atoms with Crippen LogP contribution in [0.5, 0.6) is 0 Å². The highest BCUT2D eigenvalue weighted by Crippen LogP contribution is 2.26. The molecule has 1 unspecified atom stereocenters. The number of aryl methyl sites for hydroxylation is 2. The predicted octanol–water partition coefficient (Wildman–Crippen LogP) is 1.87. The molecule has 0 bridgehead atoms. The summed E-state index contributed by atoms with van der Waals surface area (Å²) in [6, 6.07) is 1.82. The Kier molecular flexibility index (Phi) is 3.93. The highest BCUT2D eigenvalue weighted by atomic mass is 35.5. The Morgan fingerprint density at radius 1 is 1.50 bits per heavy atom. The number of hydrogen-bond acceptors (Lipinski definition) is 4. The largest absolute Gasteiger partial charge is 0.304 e. The second-order valence-corrected chi connectivity index (χ2v) is 4.43. The lowest BCUT2D eigenvalue weighted by Crippen LogP contribution is -2.25. The number of hydrogen-bond donors (Lipinski definition) is 1. The number of nitrogens with zero attached hydrogens (tertiary/aromatic N) is 4. The van der Waals surface area contributed by atoms with Gasteiger partial charge in [0.1, 0.15) is 5.82 Å². The van der Waals surface area contributed by atoms with E-state index in [4.69, 9.17) is 11.6 Å². The van der Waals surface area contributed by atoms with Crippen molar-refractivity contribution in [2.45, 2.75) is 19.9 Å². The Balaban J connectivity index is 2.46. The van der Waals surface area contributed by atoms with E-state index >= 15 is 0 Å². The van der Waals surface area contributed by atoms with Gasteiger partial charge in [-0.05, 0) is 19.5 Å². The third-order valence-electron chi connectivity index (χ3n) is 2.71. The van der Waals surface area contributed by atoms with E-state index in [0.717, 1.165) is 23.8 Å². The molecule has 0 fully saturated rings. The molecule has 2 heterocycles. The van der Waals surface area contributed by atoms with Gasteiger partial charge in [0.05, 0.1) is 28.6 Å². The molecule has 0 aromatic carbocycles. The Morgan fingerprint density at radius 3 is 2.83 bits per heavy atom. The van der Waals surface area contributed by atoms with E-state index in [1.54, 1.807) is 17.1 Å². The van der Waals surface area contributed by atoms with Crippen molar-refractivity contribution in [2.75, 3.05) is 6.54 Å². The van der Waals surface area contributed by atoms with Crippen LogP contribution in [0.2, 0.25) is 5.02 Å². The quantitative estimate of drug-likeness (QED) is 0.917. The second kappa shape index (κ2) is 5.46. The first-order valence-corrected chi connectivity index (χ1v) is 6.21. The van der Waals surface area contributed by atoms with Gasteiger partial charge in [0.25, 0.3) is 0 Å². The van der Waals surface area contributed by atoms with Gasteiger partial charge in [-0.15, -0.1) is 0 Å². The van der Waals surface area contributed by atoms with E-state index in [9.17, 15) is 0 Å². The van der Waals surface area contributed by atoms with Crippen molar-refractivity contribution in [3.8, 4) is 0 Å². The number of halogens is 1. The SMILES string of the molecule is CCNC(c1ccnc(C)n1)c1c(Cl)cnn1C. The van der Waals surface area contributed by atoms with Crippen LogP contribution in [-0.2, 0) is 7.05 Å². The topological polar surface area (TPSA) is 55.6 Å². The molecule has 2 aromatic heterocycles. The summed E-state index contributed by atoms with van der Waals surface area (Å²) in [5.41, 5.74) is 1.81. The van der Waals surface area contributed by atoms with Gasteiger partial charge < -0.3 is 5.32 Å². The van der Waals surface area contributed by atoms with Gasteiger partial charge >= 0.3 is 0 Å². The lowest BCUT2D eigenvalue weighted by Gasteiger charge is -2.18. The fourth-order valence-corrected chi connectivity index (χ4v) is 2.20. The molecule has 0 radical (unpaired) electrons. The van der Waals surface area contributed by atoms with Crippen LogP contribution in [0.4, 0.5) is 0 Å². The van der Waals surface area contributed by atoms with Crippen LogP contribution in [-0.4, -0.2) is 26.3 Å². The van der Waals surface area contributed by atoms with Crippen molar-refractivity contribution in [2.24, 2.45) is 7.05 Å². The molecule has 0 aliphatic heterocycles. The summed E-state index contributed by atoms with van der Waals surface area (Å²) >= 11 is 6.20. The third-order valence-corrected chi connectivity index (χ3v) is 3.00. The maximum Gasteiger partial charge on any atom is 0.125 e. The zero-order valence-corrected chi connectivity index (χ0v) is 11.4. The van der Waals surface area contributed by atoms with Crippen LogP contribution in [0.1, 0.15) is 30.2 Å². The number of rotatable bonds is 4. The zero-order chi connectivity index (χ0) is 13.1. The Morgan fingerprint density at radius 2 is 2.28 bits per heavy atom. The molecule has 0 saturated carbocycles. The summed E-state index contributed by atoms with van der Waals surface area (Å²) in [5.74, 6) is 0.744. The molecule has 0 saturated heterocycles. The fourth-order valence-electron chi connectivity index (χ4n) is 1.93. The highest BCUT2D eigenvalue weighted by molar-refractivity contribution is 6.31. The maximum absolute atomic E-state index is 6.20. The number of aromatic nitrogens is 4. The highest BCUT2D eigenvalue weighted by Gasteiger charge is 2.21. The van der Waals surface area contributed by atoms with Gasteiger partial charge in [-0.25, -0.2) is 9.97 Å². The third kappa shape index (κ3) is 2.52. The summed E-state index contributed by atoms with van der Waals surface area (Å²) in [6.07, 6.45) is 3.40. The smallest absolute Gasteiger partial charge is 0.125 e. The van der Waals surface area contributed by atoms with Gasteiger partial charge in [-0.2, -0.15) is 5.10 Å². The number of nitrogens with one attached hydrogen (secondary N) is 1. The van der Waals surface area contributed by atoms with Crippen LogP contribution < -0.4 is 5.32 Å². The first kappa shape index (κ1) is 13.0. The molecular formula is C12H16ClN5. The molecule has 18 heavy (non-hydrogen) atoms. The van der Waals surface area contributed by atoms with Crippen molar-refractivity contribution in [3.05, 3.63) is 40.7 Å². The van der Waals surface area contributed by atoms with Gasteiger partial charge in [-0.1, -0.05) is 18.5 Å². The molecule has 0 aliphatic rings. The predicted molar refractivity (Wildman–Crippen MR) is 70.5 cm³/mol. The average Bonchev–Trinajstić information content (AvgIpc) is 2.67. The minimum Gasteiger partial charge on any atom is -0.304 e. The lowest BCUT2D eigenvalue weighted by molar-refractivity contribution is 0.559. The van der Waals surface area contributed by atoms with Crippen molar-refractivity contribution in [1.82, 2.24) is 25.1 Å². The normalized spacial score (nSPS) is 12.7. The summed E-state index contributed by atoms with van der Waals surface area (Å²) in [4.78, 5) is 8.57. The Hall–Kier alpha value is -1.46. The molecule has 5 nitrogen and oxygen atoms in total. The van der Waals surface area contributed by atoms with Gasteiger partial charge in [-0.3, -0.25) is 4.68 Å². The van der Waals surface area contributed by atoms with Crippen LogP contribution in [0.15, 0.2) is 18.5 Å². The molecule has 2 rings (SSSR count). The minimum atomic E-state index is -0.0725. The molecule has 0 aliphatic carbocycles. The lowest BCUT2D eigenvalue weighted by atomic mass is 10.1. The van der Waals surface area contributed by atoms with E-state index in [-0.39, 0.29) is 6.04 Å². The Bertz CT molecular complexity index is 518. The van der Waals surface area contributed by atoms with E-state index in [1.807, 2.05) is 27.0 Å². The summed E-state index contributed by atoms with van der Waals surface area (Å²) in [5, 5.41) is 8.18. The van der Waals surface area contributed by atoms with Crippen molar-refractivity contribution >= 4 is 11.6 Å². The molecule has 96 valence electrons. The molecule has 0 spiro atoms. The minimum absolute atomic E-state index is 0.0725. The van der Waals surface area contributed by atoms with Gasteiger partial charge in [0, 0.05) is 13.2 Å². The summed E-state index contributed by atoms with van der Waals surface area (Å²) < 4.78 is 1.77. The fraction of sp³-hybridized carbons (Fsp3) is 0.417. The molecular weight excluding hydrogens is 250 g/mol. The van der Waals surface area contributed by atoms with Gasteiger partial charge in [0.2, 0.25) is 0 Å². The van der Waals surface area contributed by atoms with E-state index in [2.05, 4.69) is 20.4 Å². The monoisotopic (exact) mass is 265 g/mol. The second-order valence-electron chi connectivity index (χ2n) is 4.02. The van der Waals surface area contributed by atoms with Gasteiger partial charge in [0.15, 0.2) is 0 Å². The molecule has 1 N–H and O–H groups in total. The average molecular weight is 266 g/mol. The van der Waals surface area contributed by atoms with Crippen molar-refractivity contribution in [3.63, 3.8) is 0 Å². The van der Waals surface area contributed by atoms with E-state index < -0.39 is 0 Å². The standard InChI is InChI=1S/C12H16ClN5/c1-4-14-11(10-5-6-15-8(2)17-10)12-9(13)7-16-18(12)3/h5-7,11,14H,4H2,1-3H3. The molecule has 2 aromatic rings. The first-order chi connectivity index (χ1) is 8.63.